The summed E-state index contributed by atoms with van der Waals surface area (Å²) in [6.07, 6.45) is 3.25. The van der Waals surface area contributed by atoms with Crippen molar-refractivity contribution in [1.82, 2.24) is 4.31 Å². The SMILES string of the molecule is CC#CCN(C/C=C\COC(C)=O)S(=O)(=O)c1ccc(C)cc1. The predicted molar refractivity (Wildman–Crippen MR) is 89.2 cm³/mol. The summed E-state index contributed by atoms with van der Waals surface area (Å²) in [7, 11) is -3.62. The molecule has 5 nitrogen and oxygen atoms in total. The Morgan fingerprint density at radius 3 is 2.48 bits per heavy atom. The smallest absolute Gasteiger partial charge is 0.302 e. The Hall–Kier alpha value is -2.10. The van der Waals surface area contributed by atoms with Crippen LogP contribution >= 0.6 is 0 Å². The topological polar surface area (TPSA) is 63.7 Å². The van der Waals surface area contributed by atoms with Crippen molar-refractivity contribution in [2.24, 2.45) is 0 Å². The number of hydrogen-bond donors (Lipinski definition) is 0. The number of ether oxygens (including phenoxy) is 1. The quantitative estimate of drug-likeness (QED) is 0.435. The number of rotatable bonds is 7. The van der Waals surface area contributed by atoms with Crippen molar-refractivity contribution in [3.63, 3.8) is 0 Å². The summed E-state index contributed by atoms with van der Waals surface area (Å²) in [5.41, 5.74) is 0.991. The van der Waals surface area contributed by atoms with Gasteiger partial charge in [-0.25, -0.2) is 8.42 Å². The molecular formula is C17H21NO4S. The van der Waals surface area contributed by atoms with E-state index in [1.807, 2.05) is 6.92 Å². The summed E-state index contributed by atoms with van der Waals surface area (Å²) in [5.74, 6) is 5.09. The number of esters is 1. The van der Waals surface area contributed by atoms with Crippen LogP contribution in [0.5, 0.6) is 0 Å². The Labute approximate surface area is 138 Å². The number of nitrogens with zero attached hydrogens (tertiary/aromatic N) is 1. The summed E-state index contributed by atoms with van der Waals surface area (Å²) in [6, 6.07) is 6.68. The van der Waals surface area contributed by atoms with Gasteiger partial charge >= 0.3 is 5.97 Å². The normalized spacial score (nSPS) is 11.3. The second-order valence-electron chi connectivity index (χ2n) is 4.81. The molecule has 0 amide bonds. The van der Waals surface area contributed by atoms with Crippen molar-refractivity contribution < 1.29 is 17.9 Å². The van der Waals surface area contributed by atoms with E-state index in [1.165, 1.54) is 11.2 Å². The average molecular weight is 335 g/mol. The van der Waals surface area contributed by atoms with Crippen molar-refractivity contribution in [2.45, 2.75) is 25.7 Å². The summed E-state index contributed by atoms with van der Waals surface area (Å²) in [6.45, 7) is 5.25. The predicted octanol–water partition coefficient (Wildman–Crippen LogP) is 2.13. The molecule has 1 rings (SSSR count). The highest BCUT2D eigenvalue weighted by atomic mass is 32.2. The minimum Gasteiger partial charge on any atom is -0.462 e. The molecule has 1 aromatic carbocycles. The van der Waals surface area contributed by atoms with Crippen LogP contribution in [0.4, 0.5) is 0 Å². The molecule has 0 saturated heterocycles. The van der Waals surface area contributed by atoms with Crippen LogP contribution in [-0.2, 0) is 19.6 Å². The van der Waals surface area contributed by atoms with Crippen LogP contribution in [0.25, 0.3) is 0 Å². The van der Waals surface area contributed by atoms with E-state index in [2.05, 4.69) is 11.8 Å². The van der Waals surface area contributed by atoms with Crippen molar-refractivity contribution in [3.05, 3.63) is 42.0 Å². The van der Waals surface area contributed by atoms with Gasteiger partial charge < -0.3 is 4.74 Å². The van der Waals surface area contributed by atoms with Crippen LogP contribution < -0.4 is 0 Å². The van der Waals surface area contributed by atoms with Crippen LogP contribution in [0.15, 0.2) is 41.3 Å². The van der Waals surface area contributed by atoms with Gasteiger partial charge in [-0.15, -0.1) is 5.92 Å². The lowest BCUT2D eigenvalue weighted by Crippen LogP contribution is -2.31. The maximum absolute atomic E-state index is 12.7. The van der Waals surface area contributed by atoms with Gasteiger partial charge in [0.25, 0.3) is 0 Å². The first-order valence-electron chi connectivity index (χ1n) is 7.12. The Balaban J connectivity index is 2.88. The van der Waals surface area contributed by atoms with Crippen LogP contribution in [0, 0.1) is 18.8 Å². The molecule has 0 spiro atoms. The van der Waals surface area contributed by atoms with Gasteiger partial charge in [-0.3, -0.25) is 4.79 Å². The molecule has 0 atom stereocenters. The van der Waals surface area contributed by atoms with E-state index in [0.29, 0.717) is 0 Å². The molecule has 0 unspecified atom stereocenters. The first-order valence-corrected chi connectivity index (χ1v) is 8.56. The standard InChI is InChI=1S/C17H21NO4S/c1-4-5-12-18(13-6-7-14-22-16(3)19)23(20,21)17-10-8-15(2)9-11-17/h6-11H,12-14H2,1-3H3/b7-6-. The first-order chi connectivity index (χ1) is 10.9. The summed E-state index contributed by atoms with van der Waals surface area (Å²) < 4.78 is 31.4. The fourth-order valence-corrected chi connectivity index (χ4v) is 2.99. The molecule has 0 aromatic heterocycles. The molecule has 0 aliphatic carbocycles. The van der Waals surface area contributed by atoms with Gasteiger partial charge in [0.15, 0.2) is 0 Å². The van der Waals surface area contributed by atoms with Gasteiger partial charge in [0.05, 0.1) is 11.4 Å². The zero-order chi connectivity index (χ0) is 17.3. The third-order valence-corrected chi connectivity index (χ3v) is 4.78. The fourth-order valence-electron chi connectivity index (χ4n) is 1.70. The third-order valence-electron chi connectivity index (χ3n) is 2.95. The Kier molecular flexibility index (Phi) is 7.52. The van der Waals surface area contributed by atoms with E-state index < -0.39 is 10.0 Å². The van der Waals surface area contributed by atoms with E-state index in [0.717, 1.165) is 5.56 Å². The largest absolute Gasteiger partial charge is 0.462 e. The second kappa shape index (κ2) is 9.13. The van der Waals surface area contributed by atoms with Gasteiger partial charge in [0, 0.05) is 13.5 Å². The van der Waals surface area contributed by atoms with Gasteiger partial charge in [-0.05, 0) is 32.1 Å². The molecule has 0 heterocycles. The molecule has 124 valence electrons. The number of aryl methyl sites for hydroxylation is 1. The summed E-state index contributed by atoms with van der Waals surface area (Å²) in [5, 5.41) is 0. The Morgan fingerprint density at radius 2 is 1.91 bits per heavy atom. The molecule has 0 aliphatic heterocycles. The van der Waals surface area contributed by atoms with Crippen LogP contribution in [-0.4, -0.2) is 38.4 Å². The zero-order valence-corrected chi connectivity index (χ0v) is 14.4. The molecular weight excluding hydrogens is 314 g/mol. The van der Waals surface area contributed by atoms with Crippen molar-refractivity contribution in [1.29, 1.82) is 0 Å². The lowest BCUT2D eigenvalue weighted by atomic mass is 10.2. The minimum atomic E-state index is -3.62. The van der Waals surface area contributed by atoms with Crippen molar-refractivity contribution >= 4 is 16.0 Å². The number of carbonyl (C=O) groups excluding carboxylic acids is 1. The molecule has 1 aromatic rings. The second-order valence-corrected chi connectivity index (χ2v) is 6.75. The van der Waals surface area contributed by atoms with Crippen LogP contribution in [0.2, 0.25) is 0 Å². The maximum atomic E-state index is 12.7. The van der Waals surface area contributed by atoms with Gasteiger partial charge in [0.2, 0.25) is 10.0 Å². The number of benzene rings is 1. The number of carbonyl (C=O) groups is 1. The van der Waals surface area contributed by atoms with E-state index in [1.54, 1.807) is 43.3 Å². The van der Waals surface area contributed by atoms with E-state index in [9.17, 15) is 13.2 Å². The van der Waals surface area contributed by atoms with Crippen LogP contribution in [0.3, 0.4) is 0 Å². The minimum absolute atomic E-state index is 0.102. The summed E-state index contributed by atoms with van der Waals surface area (Å²) >= 11 is 0. The maximum Gasteiger partial charge on any atom is 0.302 e. The highest BCUT2D eigenvalue weighted by molar-refractivity contribution is 7.89. The van der Waals surface area contributed by atoms with E-state index >= 15 is 0 Å². The Bertz CT molecular complexity index is 709. The highest BCUT2D eigenvalue weighted by Gasteiger charge is 2.22. The lowest BCUT2D eigenvalue weighted by molar-refractivity contribution is -0.139. The Morgan fingerprint density at radius 1 is 1.26 bits per heavy atom. The van der Waals surface area contributed by atoms with Gasteiger partial charge in [-0.1, -0.05) is 29.7 Å². The number of sulfonamides is 1. The molecule has 0 aliphatic rings. The third kappa shape index (κ3) is 6.27. The molecule has 6 heteroatoms. The van der Waals surface area contributed by atoms with Crippen LogP contribution in [0.1, 0.15) is 19.4 Å². The van der Waals surface area contributed by atoms with Gasteiger partial charge in [-0.2, -0.15) is 4.31 Å². The van der Waals surface area contributed by atoms with E-state index in [-0.39, 0.29) is 30.6 Å². The number of hydrogen-bond acceptors (Lipinski definition) is 4. The van der Waals surface area contributed by atoms with E-state index in [4.69, 9.17) is 4.74 Å². The molecule has 0 radical (unpaired) electrons. The molecule has 0 bridgehead atoms. The van der Waals surface area contributed by atoms with Crippen molar-refractivity contribution in [3.8, 4) is 11.8 Å². The first kappa shape index (κ1) is 18.9. The van der Waals surface area contributed by atoms with Crippen molar-refractivity contribution in [2.75, 3.05) is 19.7 Å². The molecule has 0 N–H and O–H groups in total. The lowest BCUT2D eigenvalue weighted by Gasteiger charge is -2.18. The van der Waals surface area contributed by atoms with Gasteiger partial charge in [0.1, 0.15) is 6.61 Å². The zero-order valence-electron chi connectivity index (χ0n) is 13.6. The molecule has 23 heavy (non-hydrogen) atoms. The highest BCUT2D eigenvalue weighted by Crippen LogP contribution is 2.16. The fraction of sp³-hybridized carbons (Fsp3) is 0.353. The molecule has 0 saturated carbocycles. The average Bonchev–Trinajstić information content (AvgIpc) is 2.50. The summed E-state index contributed by atoms with van der Waals surface area (Å²) in [4.78, 5) is 10.9. The molecule has 0 fully saturated rings. The monoisotopic (exact) mass is 335 g/mol.